The molecule has 1 N–H and O–H groups in total. The molecule has 0 atom stereocenters. The first-order valence-corrected chi connectivity index (χ1v) is 7.81. The van der Waals surface area contributed by atoms with Crippen molar-refractivity contribution < 1.29 is 19.0 Å². The highest BCUT2D eigenvalue weighted by Gasteiger charge is 2.08. The molecule has 0 radical (unpaired) electrons. The van der Waals surface area contributed by atoms with Gasteiger partial charge in [-0.25, -0.2) is 5.43 Å². The Bertz CT molecular complexity index is 760. The molecule has 0 unspecified atom stereocenters. The van der Waals surface area contributed by atoms with Gasteiger partial charge < -0.3 is 14.2 Å². The molecule has 2 rings (SSSR count). The molecule has 0 bridgehead atoms. The van der Waals surface area contributed by atoms with Crippen LogP contribution >= 0.6 is 11.6 Å². The van der Waals surface area contributed by atoms with Crippen LogP contribution in [0.4, 0.5) is 0 Å². The summed E-state index contributed by atoms with van der Waals surface area (Å²) in [7, 11) is 4.65. The Morgan fingerprint density at radius 2 is 1.76 bits per heavy atom. The maximum Gasteiger partial charge on any atom is 0.244 e. The van der Waals surface area contributed by atoms with Crippen molar-refractivity contribution in [1.29, 1.82) is 0 Å². The third-order valence-corrected chi connectivity index (χ3v) is 3.72. The molecular formula is C18H19ClN2O4. The van der Waals surface area contributed by atoms with Crippen LogP contribution in [0.25, 0.3) is 0 Å². The van der Waals surface area contributed by atoms with Crippen LogP contribution in [0.1, 0.15) is 11.1 Å². The topological polar surface area (TPSA) is 69.2 Å². The summed E-state index contributed by atoms with van der Waals surface area (Å²) in [6, 6.07) is 10.6. The molecule has 0 aliphatic heterocycles. The second-order valence-electron chi connectivity index (χ2n) is 5.05. The fraction of sp³-hybridized carbons (Fsp3) is 0.222. The summed E-state index contributed by atoms with van der Waals surface area (Å²) in [5, 5.41) is 4.37. The van der Waals surface area contributed by atoms with Gasteiger partial charge in [-0.1, -0.05) is 23.7 Å². The number of carbonyl (C=O) groups is 1. The Labute approximate surface area is 151 Å². The van der Waals surface area contributed by atoms with Crippen molar-refractivity contribution in [1.82, 2.24) is 5.43 Å². The van der Waals surface area contributed by atoms with Crippen LogP contribution in [0.2, 0.25) is 5.02 Å². The van der Waals surface area contributed by atoms with Crippen LogP contribution in [-0.4, -0.2) is 33.5 Å². The molecule has 7 heteroatoms. The van der Waals surface area contributed by atoms with E-state index < -0.39 is 0 Å². The van der Waals surface area contributed by atoms with E-state index in [1.54, 1.807) is 31.4 Å². The van der Waals surface area contributed by atoms with E-state index in [1.807, 2.05) is 12.1 Å². The molecule has 1 amide bonds. The number of hydrogen-bond donors (Lipinski definition) is 1. The Morgan fingerprint density at radius 1 is 1.08 bits per heavy atom. The number of carbonyl (C=O) groups excluding carboxylic acids is 1. The van der Waals surface area contributed by atoms with Gasteiger partial charge in [0.05, 0.1) is 39.0 Å². The molecule has 25 heavy (non-hydrogen) atoms. The molecule has 0 aliphatic carbocycles. The first-order valence-electron chi connectivity index (χ1n) is 7.43. The van der Waals surface area contributed by atoms with Crippen LogP contribution < -0.4 is 19.6 Å². The summed E-state index contributed by atoms with van der Waals surface area (Å²) in [6.45, 7) is 0. The van der Waals surface area contributed by atoms with Crippen molar-refractivity contribution in [2.75, 3.05) is 21.3 Å². The first-order chi connectivity index (χ1) is 12.1. The Balaban J connectivity index is 1.99. The average molecular weight is 363 g/mol. The lowest BCUT2D eigenvalue weighted by atomic mass is 10.1. The molecule has 0 spiro atoms. The number of halogens is 1. The summed E-state index contributed by atoms with van der Waals surface area (Å²) < 4.78 is 15.5. The van der Waals surface area contributed by atoms with Gasteiger partial charge in [-0.05, 0) is 23.8 Å². The normalized spacial score (nSPS) is 10.6. The predicted octanol–water partition coefficient (Wildman–Crippen LogP) is 3.06. The van der Waals surface area contributed by atoms with Crippen molar-refractivity contribution >= 4 is 23.7 Å². The predicted molar refractivity (Wildman–Crippen MR) is 97.0 cm³/mol. The van der Waals surface area contributed by atoms with E-state index in [1.165, 1.54) is 20.4 Å². The van der Waals surface area contributed by atoms with Crippen molar-refractivity contribution in [3.8, 4) is 17.2 Å². The van der Waals surface area contributed by atoms with E-state index in [9.17, 15) is 4.79 Å². The summed E-state index contributed by atoms with van der Waals surface area (Å²) in [5.74, 6) is 1.54. The third kappa shape index (κ3) is 5.12. The number of rotatable bonds is 7. The lowest BCUT2D eigenvalue weighted by Crippen LogP contribution is -2.19. The van der Waals surface area contributed by atoms with E-state index in [0.717, 1.165) is 11.3 Å². The van der Waals surface area contributed by atoms with E-state index >= 15 is 0 Å². The third-order valence-electron chi connectivity index (χ3n) is 3.42. The maximum absolute atomic E-state index is 11.9. The first kappa shape index (κ1) is 18.6. The van der Waals surface area contributed by atoms with Gasteiger partial charge in [0.25, 0.3) is 0 Å². The van der Waals surface area contributed by atoms with Crippen LogP contribution in [-0.2, 0) is 11.2 Å². The zero-order valence-corrected chi connectivity index (χ0v) is 15.0. The second-order valence-corrected chi connectivity index (χ2v) is 5.45. The molecule has 2 aromatic rings. The summed E-state index contributed by atoms with van der Waals surface area (Å²) >= 11 is 6.09. The Kier molecular flexibility index (Phi) is 6.65. The van der Waals surface area contributed by atoms with Crippen molar-refractivity contribution in [2.24, 2.45) is 5.10 Å². The Morgan fingerprint density at radius 3 is 2.36 bits per heavy atom. The highest BCUT2D eigenvalue weighted by molar-refractivity contribution is 6.32. The SMILES string of the molecule is COc1ccc(CC(=O)N/N=C\c2cc(Cl)c(OC)cc2OC)cc1. The monoisotopic (exact) mass is 362 g/mol. The largest absolute Gasteiger partial charge is 0.497 e. The minimum Gasteiger partial charge on any atom is -0.497 e. The molecular weight excluding hydrogens is 344 g/mol. The number of amides is 1. The smallest absolute Gasteiger partial charge is 0.244 e. The zero-order chi connectivity index (χ0) is 18.2. The number of benzene rings is 2. The zero-order valence-electron chi connectivity index (χ0n) is 14.2. The molecule has 6 nitrogen and oxygen atoms in total. The van der Waals surface area contributed by atoms with Gasteiger partial charge in [0.15, 0.2) is 0 Å². The minimum atomic E-state index is -0.236. The molecule has 2 aromatic carbocycles. The number of ether oxygens (including phenoxy) is 3. The summed E-state index contributed by atoms with van der Waals surface area (Å²) in [6.07, 6.45) is 1.68. The molecule has 0 heterocycles. The number of nitrogens with zero attached hydrogens (tertiary/aromatic N) is 1. The lowest BCUT2D eigenvalue weighted by Gasteiger charge is -2.09. The lowest BCUT2D eigenvalue weighted by molar-refractivity contribution is -0.120. The second kappa shape index (κ2) is 8.94. The van der Waals surface area contributed by atoms with E-state index in [0.29, 0.717) is 22.1 Å². The van der Waals surface area contributed by atoms with Crippen molar-refractivity contribution in [3.05, 3.63) is 52.5 Å². The van der Waals surface area contributed by atoms with Gasteiger partial charge in [-0.15, -0.1) is 0 Å². The molecule has 132 valence electrons. The van der Waals surface area contributed by atoms with E-state index in [2.05, 4.69) is 10.5 Å². The number of hydrogen-bond acceptors (Lipinski definition) is 5. The van der Waals surface area contributed by atoms with Gasteiger partial charge in [-0.2, -0.15) is 5.10 Å². The number of methoxy groups -OCH3 is 3. The minimum absolute atomic E-state index is 0.210. The maximum atomic E-state index is 11.9. The van der Waals surface area contributed by atoms with Crippen LogP contribution in [0.3, 0.4) is 0 Å². The van der Waals surface area contributed by atoms with Gasteiger partial charge in [0.2, 0.25) is 5.91 Å². The molecule has 0 aliphatic rings. The highest BCUT2D eigenvalue weighted by atomic mass is 35.5. The highest BCUT2D eigenvalue weighted by Crippen LogP contribution is 2.31. The van der Waals surface area contributed by atoms with Gasteiger partial charge in [0.1, 0.15) is 17.2 Å². The Hall–Kier alpha value is -2.73. The van der Waals surface area contributed by atoms with Crippen LogP contribution in [0.15, 0.2) is 41.5 Å². The summed E-state index contributed by atoms with van der Waals surface area (Å²) in [4.78, 5) is 11.9. The van der Waals surface area contributed by atoms with Gasteiger partial charge >= 0.3 is 0 Å². The van der Waals surface area contributed by atoms with Crippen LogP contribution in [0.5, 0.6) is 17.2 Å². The number of nitrogens with one attached hydrogen (secondary N) is 1. The van der Waals surface area contributed by atoms with Crippen molar-refractivity contribution in [2.45, 2.75) is 6.42 Å². The molecule has 0 fully saturated rings. The van der Waals surface area contributed by atoms with Gasteiger partial charge in [-0.3, -0.25) is 4.79 Å². The fourth-order valence-corrected chi connectivity index (χ4v) is 2.38. The number of hydrazone groups is 1. The fourth-order valence-electron chi connectivity index (χ4n) is 2.13. The van der Waals surface area contributed by atoms with E-state index in [4.69, 9.17) is 25.8 Å². The standard InChI is InChI=1S/C18H19ClN2O4/c1-23-14-6-4-12(5-7-14)8-18(22)21-20-11-13-9-15(19)17(25-3)10-16(13)24-2/h4-7,9-11H,8H2,1-3H3,(H,21,22)/b20-11-. The van der Waals surface area contributed by atoms with Crippen molar-refractivity contribution in [3.63, 3.8) is 0 Å². The van der Waals surface area contributed by atoms with E-state index in [-0.39, 0.29) is 12.3 Å². The molecule has 0 aromatic heterocycles. The molecule has 0 saturated heterocycles. The quantitative estimate of drug-likeness (QED) is 0.607. The summed E-state index contributed by atoms with van der Waals surface area (Å²) in [5.41, 5.74) is 3.96. The van der Waals surface area contributed by atoms with Crippen LogP contribution in [0, 0.1) is 0 Å². The molecule has 0 saturated carbocycles. The van der Waals surface area contributed by atoms with Gasteiger partial charge in [0, 0.05) is 11.6 Å². The average Bonchev–Trinajstić information content (AvgIpc) is 2.62.